The number of rotatable bonds is 8. The largest absolute Gasteiger partial charge is 0.493 e. The van der Waals surface area contributed by atoms with Crippen molar-refractivity contribution in [3.8, 4) is 17.2 Å². The molecule has 1 heterocycles. The van der Waals surface area contributed by atoms with Crippen LogP contribution in [0.2, 0.25) is 0 Å². The maximum Gasteiger partial charge on any atom is 0.273 e. The molecule has 156 valence electrons. The highest BCUT2D eigenvalue weighted by molar-refractivity contribution is 5.87. The second kappa shape index (κ2) is 9.71. The zero-order chi connectivity index (χ0) is 21.5. The minimum atomic E-state index is -0.848. The summed E-state index contributed by atoms with van der Waals surface area (Å²) in [6, 6.07) is 13.0. The molecule has 0 radical (unpaired) electrons. The number of methoxy groups -OCH3 is 4. The molecule has 0 fully saturated rings. The highest BCUT2D eigenvalue weighted by atomic mass is 16.5. The smallest absolute Gasteiger partial charge is 0.273 e. The maximum absolute atomic E-state index is 12.6. The average molecular weight is 409 g/mol. The maximum atomic E-state index is 12.6. The third kappa shape index (κ3) is 4.49. The van der Waals surface area contributed by atoms with Crippen LogP contribution in [0.25, 0.3) is 10.9 Å². The molecule has 0 saturated heterocycles. The first kappa shape index (κ1) is 21.1. The minimum absolute atomic E-state index is 0.418. The predicted octanol–water partition coefficient (Wildman–Crippen LogP) is 3.10. The van der Waals surface area contributed by atoms with E-state index in [1.165, 1.54) is 34.7 Å². The van der Waals surface area contributed by atoms with Crippen molar-refractivity contribution in [3.05, 3.63) is 59.8 Å². The van der Waals surface area contributed by atoms with Gasteiger partial charge in [-0.3, -0.25) is 9.78 Å². The van der Waals surface area contributed by atoms with Crippen LogP contribution in [0.1, 0.15) is 17.2 Å². The Kier molecular flexibility index (Phi) is 6.82. The lowest BCUT2D eigenvalue weighted by Gasteiger charge is -2.14. The van der Waals surface area contributed by atoms with E-state index in [4.69, 9.17) is 18.9 Å². The molecule has 0 aliphatic carbocycles. The van der Waals surface area contributed by atoms with Crippen molar-refractivity contribution in [2.45, 2.75) is 6.10 Å². The van der Waals surface area contributed by atoms with E-state index in [0.717, 1.165) is 10.9 Å². The van der Waals surface area contributed by atoms with Gasteiger partial charge in [-0.2, -0.15) is 5.10 Å². The summed E-state index contributed by atoms with van der Waals surface area (Å²) in [4.78, 5) is 17.0. The van der Waals surface area contributed by atoms with Crippen LogP contribution in [-0.4, -0.2) is 45.5 Å². The molecule has 1 amide bonds. The number of amides is 1. The van der Waals surface area contributed by atoms with Crippen molar-refractivity contribution < 1.29 is 23.7 Å². The first-order chi connectivity index (χ1) is 14.6. The molecule has 0 bridgehead atoms. The lowest BCUT2D eigenvalue weighted by molar-refractivity contribution is -0.131. The summed E-state index contributed by atoms with van der Waals surface area (Å²) in [7, 11) is 6.05. The molecule has 0 aliphatic rings. The predicted molar refractivity (Wildman–Crippen MR) is 113 cm³/mol. The fourth-order valence-corrected chi connectivity index (χ4v) is 3.03. The number of benzene rings is 2. The normalized spacial score (nSPS) is 12.0. The first-order valence-corrected chi connectivity index (χ1v) is 9.11. The number of para-hydroxylation sites is 1. The van der Waals surface area contributed by atoms with Crippen LogP contribution in [0.15, 0.2) is 53.8 Å². The van der Waals surface area contributed by atoms with E-state index in [1.807, 2.05) is 30.3 Å². The standard InChI is InChI=1S/C22H23N3O5/c1-27-18-9-14(10-19(28-2)21(18)30-4)12-24-25-22(26)20(29-3)16-11-15-7-5-6-8-17(15)23-13-16/h5-13,20H,1-4H3,(H,25,26)/b24-12+. The van der Waals surface area contributed by atoms with E-state index in [9.17, 15) is 4.79 Å². The van der Waals surface area contributed by atoms with Crippen LogP contribution < -0.4 is 19.6 Å². The van der Waals surface area contributed by atoms with Gasteiger partial charge in [-0.1, -0.05) is 18.2 Å². The SMILES string of the molecule is COc1cc(/C=N/NC(=O)C(OC)c2cnc3ccccc3c2)cc(OC)c1OC. The Labute approximate surface area is 174 Å². The van der Waals surface area contributed by atoms with Gasteiger partial charge in [-0.15, -0.1) is 0 Å². The third-order valence-electron chi connectivity index (χ3n) is 4.46. The Hall–Kier alpha value is -3.65. The van der Waals surface area contributed by atoms with E-state index in [1.54, 1.807) is 18.3 Å². The quantitative estimate of drug-likeness (QED) is 0.454. The fourth-order valence-electron chi connectivity index (χ4n) is 3.03. The number of hydrazone groups is 1. The molecule has 8 nitrogen and oxygen atoms in total. The fraction of sp³-hybridized carbons (Fsp3) is 0.227. The van der Waals surface area contributed by atoms with E-state index in [-0.39, 0.29) is 0 Å². The Morgan fingerprint density at radius 3 is 2.37 bits per heavy atom. The van der Waals surface area contributed by atoms with Crippen LogP contribution in [0.4, 0.5) is 0 Å². The highest BCUT2D eigenvalue weighted by Crippen LogP contribution is 2.37. The number of pyridine rings is 1. The molecule has 30 heavy (non-hydrogen) atoms. The minimum Gasteiger partial charge on any atom is -0.493 e. The van der Waals surface area contributed by atoms with Crippen molar-refractivity contribution >= 4 is 23.0 Å². The summed E-state index contributed by atoms with van der Waals surface area (Å²) in [6.07, 6.45) is 2.26. The van der Waals surface area contributed by atoms with Gasteiger partial charge in [0.1, 0.15) is 0 Å². The topological polar surface area (TPSA) is 91.3 Å². The van der Waals surface area contributed by atoms with Crippen LogP contribution in [0.5, 0.6) is 17.2 Å². The van der Waals surface area contributed by atoms with Crippen molar-refractivity contribution in [1.29, 1.82) is 0 Å². The van der Waals surface area contributed by atoms with Crippen LogP contribution >= 0.6 is 0 Å². The van der Waals surface area contributed by atoms with Crippen LogP contribution in [0.3, 0.4) is 0 Å². The number of carbonyl (C=O) groups excluding carboxylic acids is 1. The Morgan fingerprint density at radius 1 is 1.03 bits per heavy atom. The van der Waals surface area contributed by atoms with Crippen molar-refractivity contribution in [1.82, 2.24) is 10.4 Å². The molecule has 1 N–H and O–H groups in total. The zero-order valence-electron chi connectivity index (χ0n) is 17.2. The Balaban J connectivity index is 1.76. The van der Waals surface area contributed by atoms with Gasteiger partial charge in [0.25, 0.3) is 5.91 Å². The number of nitrogens with zero attached hydrogens (tertiary/aromatic N) is 2. The number of fused-ring (bicyclic) bond motifs is 1. The molecule has 1 unspecified atom stereocenters. The number of ether oxygens (including phenoxy) is 4. The number of aromatic nitrogens is 1. The van der Waals surface area contributed by atoms with Crippen molar-refractivity contribution in [2.75, 3.05) is 28.4 Å². The molecule has 3 rings (SSSR count). The summed E-state index contributed by atoms with van der Waals surface area (Å²) in [5.41, 5.74) is 4.64. The monoisotopic (exact) mass is 409 g/mol. The van der Waals surface area contributed by atoms with E-state index in [0.29, 0.717) is 28.4 Å². The van der Waals surface area contributed by atoms with Gasteiger partial charge >= 0.3 is 0 Å². The number of carbonyl (C=O) groups is 1. The van der Waals surface area contributed by atoms with Crippen LogP contribution in [-0.2, 0) is 9.53 Å². The molecular formula is C22H23N3O5. The van der Waals surface area contributed by atoms with Crippen molar-refractivity contribution in [2.24, 2.45) is 5.10 Å². The van der Waals surface area contributed by atoms with E-state index < -0.39 is 12.0 Å². The van der Waals surface area contributed by atoms with Gasteiger partial charge < -0.3 is 18.9 Å². The molecule has 0 spiro atoms. The van der Waals surface area contributed by atoms with Crippen molar-refractivity contribution in [3.63, 3.8) is 0 Å². The summed E-state index contributed by atoms with van der Waals surface area (Å²) in [5.74, 6) is 1.03. The molecule has 8 heteroatoms. The van der Waals surface area contributed by atoms with E-state index in [2.05, 4.69) is 15.5 Å². The molecule has 2 aromatic carbocycles. The van der Waals surface area contributed by atoms with E-state index >= 15 is 0 Å². The summed E-state index contributed by atoms with van der Waals surface area (Å²) < 4.78 is 21.3. The molecular weight excluding hydrogens is 386 g/mol. The lowest BCUT2D eigenvalue weighted by Crippen LogP contribution is -2.26. The van der Waals surface area contributed by atoms with Gasteiger partial charge in [0, 0.05) is 29.8 Å². The van der Waals surface area contributed by atoms with Gasteiger partial charge in [0.15, 0.2) is 17.6 Å². The van der Waals surface area contributed by atoms with Crippen LogP contribution in [0, 0.1) is 0 Å². The van der Waals surface area contributed by atoms with Gasteiger partial charge in [-0.05, 0) is 24.3 Å². The Morgan fingerprint density at radius 2 is 1.73 bits per heavy atom. The van der Waals surface area contributed by atoms with Gasteiger partial charge in [0.05, 0.1) is 33.1 Å². The molecule has 0 aliphatic heterocycles. The Bertz CT molecular complexity index is 1040. The van der Waals surface area contributed by atoms with Gasteiger partial charge in [0.2, 0.25) is 5.75 Å². The highest BCUT2D eigenvalue weighted by Gasteiger charge is 2.20. The summed E-state index contributed by atoms with van der Waals surface area (Å²) >= 11 is 0. The summed E-state index contributed by atoms with van der Waals surface area (Å²) in [5, 5.41) is 4.95. The lowest BCUT2D eigenvalue weighted by atomic mass is 10.1. The number of hydrogen-bond acceptors (Lipinski definition) is 7. The molecule has 1 atom stereocenters. The molecule has 1 aromatic heterocycles. The second-order valence-corrected chi connectivity index (χ2v) is 6.27. The number of nitrogens with one attached hydrogen (secondary N) is 1. The first-order valence-electron chi connectivity index (χ1n) is 9.11. The van der Waals surface area contributed by atoms with Gasteiger partial charge in [-0.25, -0.2) is 5.43 Å². The molecule has 0 saturated carbocycles. The average Bonchev–Trinajstić information content (AvgIpc) is 2.78. The number of hydrogen-bond donors (Lipinski definition) is 1. The third-order valence-corrected chi connectivity index (χ3v) is 4.46. The zero-order valence-corrected chi connectivity index (χ0v) is 17.2. The second-order valence-electron chi connectivity index (χ2n) is 6.27. The molecule has 3 aromatic rings. The summed E-state index contributed by atoms with van der Waals surface area (Å²) in [6.45, 7) is 0.